The molecule has 2 fully saturated rings. The predicted octanol–water partition coefficient (Wildman–Crippen LogP) is 1.58. The highest BCUT2D eigenvalue weighted by molar-refractivity contribution is 5.70. The zero-order chi connectivity index (χ0) is 10.3. The lowest BCUT2D eigenvalue weighted by Crippen LogP contribution is -2.56. The van der Waals surface area contributed by atoms with Gasteiger partial charge >= 0.3 is 5.97 Å². The fraction of sp³-hybridized carbons (Fsp3) is 0.909. The minimum absolute atomic E-state index is 0.0799. The molecule has 3 heteroatoms. The van der Waals surface area contributed by atoms with Crippen LogP contribution in [0.4, 0.5) is 0 Å². The molecule has 0 radical (unpaired) electrons. The molecule has 0 aromatic heterocycles. The Balaban J connectivity index is 1.83. The van der Waals surface area contributed by atoms with Crippen molar-refractivity contribution in [3.05, 3.63) is 0 Å². The zero-order valence-corrected chi connectivity index (χ0v) is 8.99. The molecule has 3 nitrogen and oxygen atoms in total. The second-order valence-corrected chi connectivity index (χ2v) is 5.57. The normalized spacial score (nSPS) is 36.7. The van der Waals surface area contributed by atoms with Crippen LogP contribution in [-0.4, -0.2) is 35.1 Å². The predicted molar refractivity (Wildman–Crippen MR) is 54.1 cm³/mol. The van der Waals surface area contributed by atoms with Crippen LogP contribution in [0.2, 0.25) is 0 Å². The molecule has 80 valence electrons. The highest BCUT2D eigenvalue weighted by atomic mass is 16.4. The van der Waals surface area contributed by atoms with Gasteiger partial charge in [-0.25, -0.2) is 0 Å². The van der Waals surface area contributed by atoms with E-state index in [1.165, 1.54) is 0 Å². The lowest BCUT2D eigenvalue weighted by Gasteiger charge is -2.49. The van der Waals surface area contributed by atoms with Crippen molar-refractivity contribution >= 4 is 5.97 Å². The van der Waals surface area contributed by atoms with Crippen LogP contribution in [0.1, 0.15) is 33.1 Å². The van der Waals surface area contributed by atoms with E-state index in [0.717, 1.165) is 32.4 Å². The van der Waals surface area contributed by atoms with Gasteiger partial charge < -0.3 is 5.11 Å². The lowest BCUT2D eigenvalue weighted by atomic mass is 9.83. The number of hydrogen-bond acceptors (Lipinski definition) is 2. The first-order chi connectivity index (χ1) is 6.48. The van der Waals surface area contributed by atoms with Crippen molar-refractivity contribution in [1.82, 2.24) is 4.90 Å². The molecule has 0 aromatic rings. The van der Waals surface area contributed by atoms with Crippen LogP contribution in [0.3, 0.4) is 0 Å². The minimum atomic E-state index is -0.604. The van der Waals surface area contributed by atoms with Gasteiger partial charge in [0.2, 0.25) is 0 Å². The summed E-state index contributed by atoms with van der Waals surface area (Å²) >= 11 is 0. The van der Waals surface area contributed by atoms with Crippen molar-refractivity contribution in [2.24, 2.45) is 11.3 Å². The van der Waals surface area contributed by atoms with Crippen LogP contribution in [0.25, 0.3) is 0 Å². The molecule has 2 rings (SSSR count). The Bertz CT molecular complexity index is 242. The number of rotatable bonds is 2. The lowest BCUT2D eigenvalue weighted by molar-refractivity contribution is -0.141. The molecule has 0 bridgehead atoms. The van der Waals surface area contributed by atoms with Gasteiger partial charge in [0.05, 0.1) is 5.92 Å². The van der Waals surface area contributed by atoms with E-state index >= 15 is 0 Å². The van der Waals surface area contributed by atoms with E-state index in [1.807, 2.05) is 0 Å². The van der Waals surface area contributed by atoms with Gasteiger partial charge in [0, 0.05) is 19.1 Å². The van der Waals surface area contributed by atoms with Crippen LogP contribution >= 0.6 is 0 Å². The average molecular weight is 197 g/mol. The van der Waals surface area contributed by atoms with Crippen LogP contribution in [-0.2, 0) is 4.79 Å². The standard InChI is InChI=1S/C11H19NO2/c1-11(2)6-12(7-11)9-4-3-8(5-9)10(13)14/h8-9H,3-7H2,1-2H3,(H,13,14). The van der Waals surface area contributed by atoms with Crippen molar-refractivity contribution < 1.29 is 9.90 Å². The fourth-order valence-corrected chi connectivity index (χ4v) is 2.83. The molecule has 0 aromatic carbocycles. The van der Waals surface area contributed by atoms with Gasteiger partial charge in [0.15, 0.2) is 0 Å². The molecule has 1 aliphatic carbocycles. The van der Waals surface area contributed by atoms with Gasteiger partial charge in [-0.05, 0) is 24.7 Å². The van der Waals surface area contributed by atoms with E-state index in [9.17, 15) is 4.79 Å². The van der Waals surface area contributed by atoms with E-state index < -0.39 is 5.97 Å². The first kappa shape index (κ1) is 9.97. The maximum Gasteiger partial charge on any atom is 0.306 e. The Morgan fingerprint density at radius 2 is 2.00 bits per heavy atom. The monoisotopic (exact) mass is 197 g/mol. The summed E-state index contributed by atoms with van der Waals surface area (Å²) in [4.78, 5) is 13.2. The first-order valence-electron chi connectivity index (χ1n) is 5.45. The zero-order valence-electron chi connectivity index (χ0n) is 8.99. The number of likely N-dealkylation sites (tertiary alicyclic amines) is 1. The molecule has 0 amide bonds. The number of carboxylic acids is 1. The Labute approximate surface area is 85.1 Å². The molecule has 2 aliphatic rings. The number of aliphatic carboxylic acids is 1. The number of carbonyl (C=O) groups is 1. The summed E-state index contributed by atoms with van der Waals surface area (Å²) in [6.45, 7) is 6.83. The van der Waals surface area contributed by atoms with E-state index in [0.29, 0.717) is 11.5 Å². The van der Waals surface area contributed by atoms with Crippen LogP contribution in [0, 0.1) is 11.3 Å². The second kappa shape index (κ2) is 3.23. The molecule has 0 spiro atoms. The van der Waals surface area contributed by atoms with Gasteiger partial charge in [0.25, 0.3) is 0 Å². The third-order valence-electron chi connectivity index (χ3n) is 3.53. The van der Waals surface area contributed by atoms with Crippen molar-refractivity contribution in [3.63, 3.8) is 0 Å². The van der Waals surface area contributed by atoms with Gasteiger partial charge in [-0.15, -0.1) is 0 Å². The molecule has 1 saturated carbocycles. The average Bonchev–Trinajstić information content (AvgIpc) is 2.47. The maximum absolute atomic E-state index is 10.8. The van der Waals surface area contributed by atoms with E-state index in [2.05, 4.69) is 18.7 Å². The summed E-state index contributed by atoms with van der Waals surface area (Å²) in [6, 6.07) is 0.545. The Kier molecular flexibility index (Phi) is 2.30. The molecule has 1 saturated heterocycles. The number of carboxylic acid groups (broad SMARTS) is 1. The molecule has 2 unspecified atom stereocenters. The van der Waals surface area contributed by atoms with Gasteiger partial charge in [-0.3, -0.25) is 9.69 Å². The highest BCUT2D eigenvalue weighted by Crippen LogP contribution is 2.37. The molecule has 1 N–H and O–H groups in total. The Morgan fingerprint density at radius 3 is 2.43 bits per heavy atom. The smallest absolute Gasteiger partial charge is 0.306 e. The highest BCUT2D eigenvalue weighted by Gasteiger charge is 2.41. The summed E-state index contributed by atoms with van der Waals surface area (Å²) in [6.07, 6.45) is 2.81. The topological polar surface area (TPSA) is 40.5 Å². The maximum atomic E-state index is 10.8. The molecular formula is C11H19NO2. The molecule has 1 heterocycles. The van der Waals surface area contributed by atoms with Gasteiger partial charge in [-0.2, -0.15) is 0 Å². The van der Waals surface area contributed by atoms with E-state index in [-0.39, 0.29) is 5.92 Å². The van der Waals surface area contributed by atoms with Crippen molar-refractivity contribution in [1.29, 1.82) is 0 Å². The van der Waals surface area contributed by atoms with E-state index in [1.54, 1.807) is 0 Å². The van der Waals surface area contributed by atoms with E-state index in [4.69, 9.17) is 5.11 Å². The summed E-state index contributed by atoms with van der Waals surface area (Å²) in [5.41, 5.74) is 0.460. The number of hydrogen-bond donors (Lipinski definition) is 1. The molecule has 14 heavy (non-hydrogen) atoms. The second-order valence-electron chi connectivity index (χ2n) is 5.57. The van der Waals surface area contributed by atoms with Crippen LogP contribution < -0.4 is 0 Å². The van der Waals surface area contributed by atoms with Gasteiger partial charge in [-0.1, -0.05) is 13.8 Å². The summed E-state index contributed by atoms with van der Waals surface area (Å²) in [7, 11) is 0. The molecular weight excluding hydrogens is 178 g/mol. The molecule has 1 aliphatic heterocycles. The van der Waals surface area contributed by atoms with Crippen LogP contribution in [0.5, 0.6) is 0 Å². The van der Waals surface area contributed by atoms with Crippen molar-refractivity contribution in [2.45, 2.75) is 39.2 Å². The summed E-state index contributed by atoms with van der Waals surface area (Å²) < 4.78 is 0. The Hall–Kier alpha value is -0.570. The SMILES string of the molecule is CC1(C)CN(C2CCC(C(=O)O)C2)C1. The van der Waals surface area contributed by atoms with Crippen molar-refractivity contribution in [3.8, 4) is 0 Å². The third-order valence-corrected chi connectivity index (χ3v) is 3.53. The Morgan fingerprint density at radius 1 is 1.36 bits per heavy atom. The minimum Gasteiger partial charge on any atom is -0.481 e. The van der Waals surface area contributed by atoms with Crippen molar-refractivity contribution in [2.75, 3.05) is 13.1 Å². The largest absolute Gasteiger partial charge is 0.481 e. The number of nitrogens with zero attached hydrogens (tertiary/aromatic N) is 1. The quantitative estimate of drug-likeness (QED) is 0.730. The molecule has 2 atom stereocenters. The van der Waals surface area contributed by atoms with Crippen LogP contribution in [0.15, 0.2) is 0 Å². The van der Waals surface area contributed by atoms with Gasteiger partial charge in [0.1, 0.15) is 0 Å². The first-order valence-corrected chi connectivity index (χ1v) is 5.45. The summed E-state index contributed by atoms with van der Waals surface area (Å²) in [5.74, 6) is -0.684. The summed E-state index contributed by atoms with van der Waals surface area (Å²) in [5, 5.41) is 8.89. The third kappa shape index (κ3) is 1.78. The fourth-order valence-electron chi connectivity index (χ4n) is 2.83.